The zero-order valence-electron chi connectivity index (χ0n) is 8.71. The van der Waals surface area contributed by atoms with Crippen LogP contribution in [0, 0.1) is 0 Å². The van der Waals surface area contributed by atoms with Crippen LogP contribution >= 0.6 is 12.4 Å². The Morgan fingerprint density at radius 1 is 1.14 bits per heavy atom. The molecular formula is C10H21ClN2O. The molecule has 0 aromatic carbocycles. The summed E-state index contributed by atoms with van der Waals surface area (Å²) in [5.41, 5.74) is 5.37. The second-order valence-corrected chi connectivity index (χ2v) is 3.69. The standard InChI is InChI=1S/C10H20N2O.ClH/c11-7-3-2-6-10(13)12-8-4-1-5-9-12;/h1-9,11H2;1H. The lowest BCUT2D eigenvalue weighted by molar-refractivity contribution is -0.132. The molecule has 1 amide bonds. The second kappa shape index (κ2) is 8.06. The highest BCUT2D eigenvalue weighted by atomic mass is 35.5. The Hall–Kier alpha value is -0.280. The number of hydrogen-bond donors (Lipinski definition) is 1. The van der Waals surface area contributed by atoms with Crippen molar-refractivity contribution >= 4 is 18.3 Å². The molecule has 2 N–H and O–H groups in total. The van der Waals surface area contributed by atoms with E-state index >= 15 is 0 Å². The van der Waals surface area contributed by atoms with Crippen molar-refractivity contribution in [2.45, 2.75) is 38.5 Å². The number of carbonyl (C=O) groups is 1. The molecule has 0 bridgehead atoms. The van der Waals surface area contributed by atoms with Crippen LogP contribution in [0.25, 0.3) is 0 Å². The SMILES string of the molecule is Cl.NCCCCC(=O)N1CCCCC1. The van der Waals surface area contributed by atoms with Crippen LogP contribution in [0.3, 0.4) is 0 Å². The molecule has 3 nitrogen and oxygen atoms in total. The molecule has 0 aliphatic carbocycles. The first kappa shape index (κ1) is 13.7. The van der Waals surface area contributed by atoms with Gasteiger partial charge in [-0.2, -0.15) is 0 Å². The van der Waals surface area contributed by atoms with E-state index in [9.17, 15) is 4.79 Å². The maximum atomic E-state index is 11.6. The Bertz CT molecular complexity index is 158. The van der Waals surface area contributed by atoms with Gasteiger partial charge in [0.15, 0.2) is 0 Å². The molecule has 1 fully saturated rings. The van der Waals surface area contributed by atoms with Crippen molar-refractivity contribution in [3.05, 3.63) is 0 Å². The molecule has 0 spiro atoms. The van der Waals surface area contributed by atoms with Crippen molar-refractivity contribution in [1.82, 2.24) is 4.90 Å². The quantitative estimate of drug-likeness (QED) is 0.731. The van der Waals surface area contributed by atoms with E-state index in [1.165, 1.54) is 19.3 Å². The number of likely N-dealkylation sites (tertiary alicyclic amines) is 1. The summed E-state index contributed by atoms with van der Waals surface area (Å²) in [6.07, 6.45) is 6.26. The lowest BCUT2D eigenvalue weighted by atomic mass is 10.1. The number of nitrogens with zero attached hydrogens (tertiary/aromatic N) is 1. The Morgan fingerprint density at radius 3 is 2.36 bits per heavy atom. The fourth-order valence-corrected chi connectivity index (χ4v) is 1.72. The van der Waals surface area contributed by atoms with Gasteiger partial charge in [0, 0.05) is 19.5 Å². The zero-order valence-corrected chi connectivity index (χ0v) is 9.52. The summed E-state index contributed by atoms with van der Waals surface area (Å²) < 4.78 is 0. The van der Waals surface area contributed by atoms with Gasteiger partial charge in [-0.05, 0) is 38.6 Å². The van der Waals surface area contributed by atoms with Gasteiger partial charge in [-0.1, -0.05) is 0 Å². The van der Waals surface area contributed by atoms with Crippen LogP contribution < -0.4 is 5.73 Å². The number of piperidine rings is 1. The van der Waals surface area contributed by atoms with Gasteiger partial charge in [0.1, 0.15) is 0 Å². The Labute approximate surface area is 92.4 Å². The predicted molar refractivity (Wildman–Crippen MR) is 60.6 cm³/mol. The molecule has 0 saturated carbocycles. The molecule has 1 aliphatic heterocycles. The van der Waals surface area contributed by atoms with Crippen molar-refractivity contribution in [2.75, 3.05) is 19.6 Å². The largest absolute Gasteiger partial charge is 0.343 e. The van der Waals surface area contributed by atoms with Gasteiger partial charge in [0.05, 0.1) is 0 Å². The minimum absolute atomic E-state index is 0. The zero-order chi connectivity index (χ0) is 9.52. The Morgan fingerprint density at radius 2 is 1.79 bits per heavy atom. The summed E-state index contributed by atoms with van der Waals surface area (Å²) in [7, 11) is 0. The van der Waals surface area contributed by atoms with E-state index in [-0.39, 0.29) is 12.4 Å². The fraction of sp³-hybridized carbons (Fsp3) is 0.900. The van der Waals surface area contributed by atoms with Crippen molar-refractivity contribution < 1.29 is 4.79 Å². The van der Waals surface area contributed by atoms with Crippen molar-refractivity contribution in [1.29, 1.82) is 0 Å². The van der Waals surface area contributed by atoms with Crippen LogP contribution in [0.2, 0.25) is 0 Å². The molecule has 84 valence electrons. The van der Waals surface area contributed by atoms with Gasteiger partial charge in [-0.15, -0.1) is 12.4 Å². The van der Waals surface area contributed by atoms with E-state index in [4.69, 9.17) is 5.73 Å². The van der Waals surface area contributed by atoms with Gasteiger partial charge in [0.25, 0.3) is 0 Å². The first-order valence-electron chi connectivity index (χ1n) is 5.32. The van der Waals surface area contributed by atoms with E-state index in [1.54, 1.807) is 0 Å². The number of rotatable bonds is 4. The fourth-order valence-electron chi connectivity index (χ4n) is 1.72. The molecule has 1 aliphatic rings. The summed E-state index contributed by atoms with van der Waals surface area (Å²) in [5, 5.41) is 0. The third-order valence-corrected chi connectivity index (χ3v) is 2.55. The topological polar surface area (TPSA) is 46.3 Å². The van der Waals surface area contributed by atoms with Crippen LogP contribution in [0.5, 0.6) is 0 Å². The highest BCUT2D eigenvalue weighted by Gasteiger charge is 2.15. The summed E-state index contributed by atoms with van der Waals surface area (Å²) in [6, 6.07) is 0. The molecule has 1 heterocycles. The van der Waals surface area contributed by atoms with E-state index in [2.05, 4.69) is 0 Å². The van der Waals surface area contributed by atoms with E-state index < -0.39 is 0 Å². The van der Waals surface area contributed by atoms with E-state index in [0.29, 0.717) is 18.9 Å². The molecule has 4 heteroatoms. The first-order chi connectivity index (χ1) is 6.34. The number of carbonyl (C=O) groups excluding carboxylic acids is 1. The molecular weight excluding hydrogens is 200 g/mol. The maximum absolute atomic E-state index is 11.6. The van der Waals surface area contributed by atoms with Crippen molar-refractivity contribution in [3.8, 4) is 0 Å². The molecule has 1 rings (SSSR count). The van der Waals surface area contributed by atoms with E-state index in [0.717, 1.165) is 25.9 Å². The summed E-state index contributed by atoms with van der Waals surface area (Å²) >= 11 is 0. The predicted octanol–water partition coefficient (Wildman–Crippen LogP) is 1.55. The van der Waals surface area contributed by atoms with Gasteiger partial charge in [-0.3, -0.25) is 4.79 Å². The van der Waals surface area contributed by atoms with Crippen LogP contribution in [-0.4, -0.2) is 30.4 Å². The average Bonchev–Trinajstić information content (AvgIpc) is 2.19. The van der Waals surface area contributed by atoms with Crippen LogP contribution in [-0.2, 0) is 4.79 Å². The number of hydrogen-bond acceptors (Lipinski definition) is 2. The van der Waals surface area contributed by atoms with Crippen LogP contribution in [0.1, 0.15) is 38.5 Å². The molecule has 0 aromatic rings. The van der Waals surface area contributed by atoms with Gasteiger partial charge in [-0.25, -0.2) is 0 Å². The molecule has 0 unspecified atom stereocenters. The minimum atomic E-state index is 0. The summed E-state index contributed by atoms with van der Waals surface area (Å²) in [6.45, 7) is 2.65. The van der Waals surface area contributed by atoms with Crippen molar-refractivity contribution in [3.63, 3.8) is 0 Å². The molecule has 0 aromatic heterocycles. The summed E-state index contributed by atoms with van der Waals surface area (Å²) in [5.74, 6) is 0.327. The molecule has 0 radical (unpaired) electrons. The maximum Gasteiger partial charge on any atom is 0.222 e. The Balaban J connectivity index is 0.00000169. The minimum Gasteiger partial charge on any atom is -0.343 e. The second-order valence-electron chi connectivity index (χ2n) is 3.69. The highest BCUT2D eigenvalue weighted by molar-refractivity contribution is 5.85. The van der Waals surface area contributed by atoms with Crippen LogP contribution in [0.15, 0.2) is 0 Å². The van der Waals surface area contributed by atoms with Gasteiger partial charge >= 0.3 is 0 Å². The first-order valence-corrected chi connectivity index (χ1v) is 5.32. The highest BCUT2D eigenvalue weighted by Crippen LogP contribution is 2.10. The van der Waals surface area contributed by atoms with Crippen molar-refractivity contribution in [2.24, 2.45) is 5.73 Å². The molecule has 1 saturated heterocycles. The van der Waals surface area contributed by atoms with Gasteiger partial charge in [0.2, 0.25) is 5.91 Å². The molecule has 14 heavy (non-hydrogen) atoms. The normalized spacial score (nSPS) is 16.2. The number of halogens is 1. The number of nitrogens with two attached hydrogens (primary N) is 1. The smallest absolute Gasteiger partial charge is 0.222 e. The van der Waals surface area contributed by atoms with Crippen LogP contribution in [0.4, 0.5) is 0 Å². The molecule has 0 atom stereocenters. The average molecular weight is 221 g/mol. The van der Waals surface area contributed by atoms with E-state index in [1.807, 2.05) is 4.90 Å². The van der Waals surface area contributed by atoms with Gasteiger partial charge < -0.3 is 10.6 Å². The number of unbranched alkanes of at least 4 members (excludes halogenated alkanes) is 1. The summed E-state index contributed by atoms with van der Waals surface area (Å²) in [4.78, 5) is 13.6. The lowest BCUT2D eigenvalue weighted by Crippen LogP contribution is -2.35. The third-order valence-electron chi connectivity index (χ3n) is 2.55. The number of amides is 1. The lowest BCUT2D eigenvalue weighted by Gasteiger charge is -2.26. The Kier molecular flexibility index (Phi) is 7.90. The monoisotopic (exact) mass is 220 g/mol. The third kappa shape index (κ3) is 4.82.